The Morgan fingerprint density at radius 2 is 2.24 bits per heavy atom. The van der Waals surface area contributed by atoms with Crippen LogP contribution in [0.2, 0.25) is 0 Å². The van der Waals surface area contributed by atoms with Crippen LogP contribution in [0.4, 0.5) is 5.69 Å². The van der Waals surface area contributed by atoms with E-state index in [4.69, 9.17) is 4.74 Å². The summed E-state index contributed by atoms with van der Waals surface area (Å²) in [6.45, 7) is 2.23. The predicted molar refractivity (Wildman–Crippen MR) is 83.4 cm³/mol. The van der Waals surface area contributed by atoms with Gasteiger partial charge in [-0.3, -0.25) is 4.79 Å². The van der Waals surface area contributed by atoms with Crippen molar-refractivity contribution >= 4 is 27.5 Å². The number of nitrogens with zero attached hydrogens (tertiary/aromatic N) is 1. The molecule has 0 bridgehead atoms. The van der Waals surface area contributed by atoms with Crippen LogP contribution >= 0.6 is 15.9 Å². The van der Waals surface area contributed by atoms with Crippen LogP contribution in [-0.2, 0) is 6.61 Å². The number of aromatic nitrogens is 1. The van der Waals surface area contributed by atoms with Crippen LogP contribution in [-0.4, -0.2) is 22.6 Å². The fourth-order valence-corrected chi connectivity index (χ4v) is 2.26. The molecule has 0 unspecified atom stereocenters. The van der Waals surface area contributed by atoms with E-state index < -0.39 is 0 Å². The molecule has 0 saturated heterocycles. The first-order valence-electron chi connectivity index (χ1n) is 6.44. The van der Waals surface area contributed by atoms with Gasteiger partial charge >= 0.3 is 0 Å². The summed E-state index contributed by atoms with van der Waals surface area (Å²) in [4.78, 5) is 16.2. The Morgan fingerprint density at radius 1 is 1.43 bits per heavy atom. The lowest BCUT2D eigenvalue weighted by Gasteiger charge is -2.11. The lowest BCUT2D eigenvalue weighted by Crippen LogP contribution is -2.13. The number of ether oxygens (including phenoxy) is 1. The van der Waals surface area contributed by atoms with Gasteiger partial charge in [0.25, 0.3) is 5.91 Å². The number of anilines is 1. The van der Waals surface area contributed by atoms with Gasteiger partial charge in [0.15, 0.2) is 0 Å². The minimum absolute atomic E-state index is 0.157. The number of hydrogen-bond acceptors (Lipinski definition) is 4. The molecule has 0 atom stereocenters. The second-order valence-corrected chi connectivity index (χ2v) is 4.96. The molecule has 0 radical (unpaired) electrons. The topological polar surface area (TPSA) is 71.5 Å². The van der Waals surface area contributed by atoms with E-state index in [0.717, 1.165) is 0 Å². The highest BCUT2D eigenvalue weighted by atomic mass is 79.9. The minimum atomic E-state index is -0.275. The molecule has 110 valence electrons. The molecule has 2 rings (SSSR count). The average Bonchev–Trinajstić information content (AvgIpc) is 2.49. The van der Waals surface area contributed by atoms with Crippen molar-refractivity contribution in [3.8, 4) is 5.75 Å². The van der Waals surface area contributed by atoms with E-state index in [-0.39, 0.29) is 12.5 Å². The maximum Gasteiger partial charge on any atom is 0.258 e. The first-order chi connectivity index (χ1) is 10.2. The minimum Gasteiger partial charge on any atom is -0.494 e. The maximum absolute atomic E-state index is 12.2. The Balaban J connectivity index is 2.20. The average molecular weight is 351 g/mol. The standard InChI is InChI=1S/C15H15BrN2O3/c1-2-21-13-6-5-11(8-10(13)9-19)18-15(20)12-4-3-7-17-14(12)16/h3-8,19H,2,9H2,1H3,(H,18,20). The number of halogens is 1. The molecule has 21 heavy (non-hydrogen) atoms. The lowest BCUT2D eigenvalue weighted by atomic mass is 10.1. The Labute approximate surface area is 131 Å². The van der Waals surface area contributed by atoms with Crippen molar-refractivity contribution in [2.24, 2.45) is 0 Å². The van der Waals surface area contributed by atoms with Crippen molar-refractivity contribution < 1.29 is 14.6 Å². The molecular formula is C15H15BrN2O3. The lowest BCUT2D eigenvalue weighted by molar-refractivity contribution is 0.102. The van der Waals surface area contributed by atoms with Gasteiger partial charge in [0.2, 0.25) is 0 Å². The van der Waals surface area contributed by atoms with Crippen LogP contribution < -0.4 is 10.1 Å². The molecule has 1 aromatic heterocycles. The first kappa shape index (κ1) is 15.5. The molecule has 1 aromatic carbocycles. The Kier molecular flexibility index (Phi) is 5.30. The van der Waals surface area contributed by atoms with Gasteiger partial charge < -0.3 is 15.2 Å². The number of benzene rings is 1. The zero-order valence-corrected chi connectivity index (χ0v) is 13.1. The smallest absolute Gasteiger partial charge is 0.258 e. The summed E-state index contributed by atoms with van der Waals surface area (Å²) in [6, 6.07) is 8.51. The SMILES string of the molecule is CCOc1ccc(NC(=O)c2cccnc2Br)cc1CO. The van der Waals surface area contributed by atoms with Crippen LogP contribution in [0.25, 0.3) is 0 Å². The summed E-state index contributed by atoms with van der Waals surface area (Å²) in [5, 5.41) is 12.1. The predicted octanol–water partition coefficient (Wildman–Crippen LogP) is 2.99. The third kappa shape index (κ3) is 3.80. The third-order valence-corrected chi connectivity index (χ3v) is 3.42. The number of hydrogen-bond donors (Lipinski definition) is 2. The molecule has 5 nitrogen and oxygen atoms in total. The highest BCUT2D eigenvalue weighted by Crippen LogP contribution is 2.24. The molecule has 0 aliphatic rings. The molecule has 2 aromatic rings. The summed E-state index contributed by atoms with van der Waals surface area (Å²) in [5.41, 5.74) is 1.65. The highest BCUT2D eigenvalue weighted by molar-refractivity contribution is 9.10. The molecule has 0 spiro atoms. The summed E-state index contributed by atoms with van der Waals surface area (Å²) < 4.78 is 5.88. The normalized spacial score (nSPS) is 10.2. The summed E-state index contributed by atoms with van der Waals surface area (Å²) in [7, 11) is 0. The van der Waals surface area contributed by atoms with E-state index in [2.05, 4.69) is 26.2 Å². The molecule has 1 heterocycles. The molecule has 0 aliphatic carbocycles. The Bertz CT molecular complexity index is 647. The maximum atomic E-state index is 12.2. The zero-order chi connectivity index (χ0) is 15.2. The number of rotatable bonds is 5. The second kappa shape index (κ2) is 7.19. The first-order valence-corrected chi connectivity index (χ1v) is 7.23. The number of pyridine rings is 1. The van der Waals surface area contributed by atoms with Crippen molar-refractivity contribution in [2.75, 3.05) is 11.9 Å². The monoisotopic (exact) mass is 350 g/mol. The van der Waals surface area contributed by atoms with Gasteiger partial charge in [0.1, 0.15) is 10.4 Å². The van der Waals surface area contributed by atoms with Gasteiger partial charge in [0.05, 0.1) is 18.8 Å². The number of carbonyl (C=O) groups excluding carboxylic acids is 1. The van der Waals surface area contributed by atoms with Crippen LogP contribution in [0.15, 0.2) is 41.1 Å². The van der Waals surface area contributed by atoms with Crippen LogP contribution in [0.5, 0.6) is 5.75 Å². The largest absolute Gasteiger partial charge is 0.494 e. The number of carbonyl (C=O) groups is 1. The van der Waals surface area contributed by atoms with E-state index >= 15 is 0 Å². The molecule has 0 saturated carbocycles. The fraction of sp³-hybridized carbons (Fsp3) is 0.200. The van der Waals surface area contributed by atoms with Crippen molar-refractivity contribution in [1.82, 2.24) is 4.98 Å². The zero-order valence-electron chi connectivity index (χ0n) is 11.5. The summed E-state index contributed by atoms with van der Waals surface area (Å²) in [6.07, 6.45) is 1.60. The van der Waals surface area contributed by atoms with E-state index in [1.54, 1.807) is 36.5 Å². The molecule has 0 aliphatic heterocycles. The van der Waals surface area contributed by atoms with Crippen molar-refractivity contribution in [1.29, 1.82) is 0 Å². The summed E-state index contributed by atoms with van der Waals surface area (Å²) in [5.74, 6) is 0.337. The van der Waals surface area contributed by atoms with Gasteiger partial charge in [-0.15, -0.1) is 0 Å². The number of aliphatic hydroxyl groups is 1. The van der Waals surface area contributed by atoms with E-state index in [1.165, 1.54) is 0 Å². The Morgan fingerprint density at radius 3 is 2.90 bits per heavy atom. The molecular weight excluding hydrogens is 336 g/mol. The van der Waals surface area contributed by atoms with Crippen LogP contribution in [0.3, 0.4) is 0 Å². The van der Waals surface area contributed by atoms with E-state index in [9.17, 15) is 9.90 Å². The van der Waals surface area contributed by atoms with E-state index in [0.29, 0.717) is 33.8 Å². The van der Waals surface area contributed by atoms with E-state index in [1.807, 2.05) is 6.92 Å². The highest BCUT2D eigenvalue weighted by Gasteiger charge is 2.12. The van der Waals surface area contributed by atoms with Gasteiger partial charge in [-0.2, -0.15) is 0 Å². The van der Waals surface area contributed by atoms with Crippen molar-refractivity contribution in [3.05, 3.63) is 52.3 Å². The van der Waals surface area contributed by atoms with Gasteiger partial charge in [-0.1, -0.05) is 0 Å². The number of aliphatic hydroxyl groups excluding tert-OH is 1. The fourth-order valence-electron chi connectivity index (χ4n) is 1.83. The molecule has 2 N–H and O–H groups in total. The van der Waals surface area contributed by atoms with Crippen molar-refractivity contribution in [3.63, 3.8) is 0 Å². The molecule has 0 fully saturated rings. The van der Waals surface area contributed by atoms with Crippen molar-refractivity contribution in [2.45, 2.75) is 13.5 Å². The number of nitrogens with one attached hydrogen (secondary N) is 1. The van der Waals surface area contributed by atoms with Crippen LogP contribution in [0, 0.1) is 0 Å². The summed E-state index contributed by atoms with van der Waals surface area (Å²) >= 11 is 3.24. The Hall–Kier alpha value is -1.92. The number of amides is 1. The molecule has 6 heteroatoms. The van der Waals surface area contributed by atoms with Crippen LogP contribution in [0.1, 0.15) is 22.8 Å². The van der Waals surface area contributed by atoms with Gasteiger partial charge in [0, 0.05) is 17.4 Å². The second-order valence-electron chi connectivity index (χ2n) is 4.21. The van der Waals surface area contributed by atoms with Gasteiger partial charge in [-0.25, -0.2) is 4.98 Å². The quantitative estimate of drug-likeness (QED) is 0.813. The third-order valence-electron chi connectivity index (χ3n) is 2.79. The molecule has 1 amide bonds. The van der Waals surface area contributed by atoms with Gasteiger partial charge in [-0.05, 0) is 53.2 Å².